The molecule has 1 aromatic rings. The Balaban J connectivity index is 2.82. The molecule has 4 atom stereocenters. The largest absolute Gasteiger partial charge is 0.481 e. The van der Waals surface area contributed by atoms with Gasteiger partial charge in [-0.15, -0.1) is 0 Å². The summed E-state index contributed by atoms with van der Waals surface area (Å²) in [5.41, 5.74) is 6.45. The van der Waals surface area contributed by atoms with Crippen molar-refractivity contribution in [3.63, 3.8) is 0 Å². The molecule has 4 unspecified atom stereocenters. The number of hydrogen-bond donors (Lipinski definition) is 6. The summed E-state index contributed by atoms with van der Waals surface area (Å²) in [5, 5.41) is 23.0. The summed E-state index contributed by atoms with van der Waals surface area (Å²) in [7, 11) is 0. The first-order valence-corrected chi connectivity index (χ1v) is 8.93. The van der Waals surface area contributed by atoms with Gasteiger partial charge in [-0.2, -0.15) is 0 Å². The molecule has 0 saturated carbocycles. The van der Waals surface area contributed by atoms with Crippen molar-refractivity contribution in [3.05, 3.63) is 18.2 Å². The van der Waals surface area contributed by atoms with Gasteiger partial charge in [0.25, 0.3) is 0 Å². The zero-order valence-corrected chi connectivity index (χ0v) is 15.8. The summed E-state index contributed by atoms with van der Waals surface area (Å²) in [6.07, 6.45) is 3.02. The molecule has 11 heteroatoms. The van der Waals surface area contributed by atoms with Gasteiger partial charge in [-0.1, -0.05) is 20.3 Å². The molecular formula is C17H27N5O6. The van der Waals surface area contributed by atoms with E-state index in [4.69, 9.17) is 10.8 Å². The number of rotatable bonds is 12. The molecule has 1 heterocycles. The summed E-state index contributed by atoms with van der Waals surface area (Å²) in [6, 6.07) is -3.37. The van der Waals surface area contributed by atoms with E-state index in [1.165, 1.54) is 12.5 Å². The molecule has 0 aliphatic heterocycles. The Morgan fingerprint density at radius 3 is 2.39 bits per heavy atom. The molecule has 156 valence electrons. The third-order valence-electron chi connectivity index (χ3n) is 4.39. The number of aromatic nitrogens is 2. The van der Waals surface area contributed by atoms with Crippen molar-refractivity contribution in [1.82, 2.24) is 20.6 Å². The fourth-order valence-electron chi connectivity index (χ4n) is 2.48. The minimum Gasteiger partial charge on any atom is -0.481 e. The monoisotopic (exact) mass is 397 g/mol. The van der Waals surface area contributed by atoms with E-state index in [0.29, 0.717) is 12.1 Å². The van der Waals surface area contributed by atoms with E-state index >= 15 is 0 Å². The van der Waals surface area contributed by atoms with E-state index < -0.39 is 41.9 Å². The van der Waals surface area contributed by atoms with E-state index in [2.05, 4.69) is 20.6 Å². The molecule has 28 heavy (non-hydrogen) atoms. The number of amides is 2. The Hall–Kier alpha value is -2.95. The maximum absolute atomic E-state index is 12.5. The maximum atomic E-state index is 12.5. The third kappa shape index (κ3) is 7.35. The highest BCUT2D eigenvalue weighted by Gasteiger charge is 2.30. The number of carbonyl (C=O) groups excluding carboxylic acids is 2. The molecule has 0 fully saturated rings. The molecule has 1 aromatic heterocycles. The Labute approximate surface area is 162 Å². The average Bonchev–Trinajstić information content (AvgIpc) is 3.14. The summed E-state index contributed by atoms with van der Waals surface area (Å²) in [4.78, 5) is 53.7. The SMILES string of the molecule is CCC(C)C(NC(=O)C(CCC(=O)O)NC(=O)C(N)Cc1cnc[nH]1)C(=O)O. The van der Waals surface area contributed by atoms with Crippen LogP contribution in [0.3, 0.4) is 0 Å². The number of nitrogens with two attached hydrogens (primary N) is 1. The van der Waals surface area contributed by atoms with Gasteiger partial charge in [0.05, 0.1) is 12.4 Å². The zero-order valence-electron chi connectivity index (χ0n) is 15.8. The van der Waals surface area contributed by atoms with Crippen LogP contribution in [0.1, 0.15) is 38.8 Å². The van der Waals surface area contributed by atoms with Crippen molar-refractivity contribution >= 4 is 23.8 Å². The van der Waals surface area contributed by atoms with E-state index in [0.717, 1.165) is 0 Å². The highest BCUT2D eigenvalue weighted by atomic mass is 16.4. The fraction of sp³-hybridized carbons (Fsp3) is 0.588. The molecule has 0 saturated heterocycles. The Bertz CT molecular complexity index is 678. The molecule has 0 spiro atoms. The molecular weight excluding hydrogens is 370 g/mol. The summed E-state index contributed by atoms with van der Waals surface area (Å²) in [6.45, 7) is 3.45. The maximum Gasteiger partial charge on any atom is 0.326 e. The van der Waals surface area contributed by atoms with Gasteiger partial charge < -0.3 is 31.6 Å². The van der Waals surface area contributed by atoms with Crippen LogP contribution in [0.15, 0.2) is 12.5 Å². The van der Waals surface area contributed by atoms with Crippen molar-refractivity contribution in [1.29, 1.82) is 0 Å². The second-order valence-corrected chi connectivity index (χ2v) is 6.59. The van der Waals surface area contributed by atoms with Crippen LogP contribution < -0.4 is 16.4 Å². The third-order valence-corrected chi connectivity index (χ3v) is 4.39. The predicted octanol–water partition coefficient (Wildman–Crippen LogP) is -0.755. The number of carboxylic acid groups (broad SMARTS) is 2. The fourth-order valence-corrected chi connectivity index (χ4v) is 2.48. The van der Waals surface area contributed by atoms with E-state index in [9.17, 15) is 24.3 Å². The van der Waals surface area contributed by atoms with Crippen molar-refractivity contribution < 1.29 is 29.4 Å². The molecule has 7 N–H and O–H groups in total. The van der Waals surface area contributed by atoms with Gasteiger partial charge in [-0.3, -0.25) is 14.4 Å². The lowest BCUT2D eigenvalue weighted by molar-refractivity contribution is -0.144. The second-order valence-electron chi connectivity index (χ2n) is 6.59. The molecule has 0 aliphatic carbocycles. The number of nitrogens with zero attached hydrogens (tertiary/aromatic N) is 1. The molecule has 1 rings (SSSR count). The number of nitrogens with one attached hydrogen (secondary N) is 3. The number of aromatic amines is 1. The van der Waals surface area contributed by atoms with Crippen LogP contribution in [0.25, 0.3) is 0 Å². The number of carboxylic acids is 2. The first-order chi connectivity index (χ1) is 13.1. The molecule has 0 aromatic carbocycles. The van der Waals surface area contributed by atoms with E-state index in [1.54, 1.807) is 13.8 Å². The molecule has 0 aliphatic rings. The van der Waals surface area contributed by atoms with Crippen LogP contribution in [0.5, 0.6) is 0 Å². The zero-order chi connectivity index (χ0) is 21.3. The molecule has 11 nitrogen and oxygen atoms in total. The minimum atomic E-state index is -1.22. The summed E-state index contributed by atoms with van der Waals surface area (Å²) < 4.78 is 0. The van der Waals surface area contributed by atoms with Crippen molar-refractivity contribution in [3.8, 4) is 0 Å². The van der Waals surface area contributed by atoms with Gasteiger partial charge in [-0.05, 0) is 12.3 Å². The van der Waals surface area contributed by atoms with Crippen molar-refractivity contribution in [2.24, 2.45) is 11.7 Å². The first-order valence-electron chi connectivity index (χ1n) is 8.93. The van der Waals surface area contributed by atoms with Crippen LogP contribution in [-0.4, -0.2) is 62.1 Å². The van der Waals surface area contributed by atoms with Gasteiger partial charge in [0.15, 0.2) is 0 Å². The highest BCUT2D eigenvalue weighted by Crippen LogP contribution is 2.09. The van der Waals surface area contributed by atoms with Gasteiger partial charge in [0, 0.05) is 24.7 Å². The predicted molar refractivity (Wildman–Crippen MR) is 98.1 cm³/mol. The lowest BCUT2D eigenvalue weighted by atomic mass is 9.98. The lowest BCUT2D eigenvalue weighted by Crippen LogP contribution is -2.56. The second kappa shape index (κ2) is 11.0. The van der Waals surface area contributed by atoms with Crippen molar-refractivity contribution in [2.45, 2.75) is 57.7 Å². The van der Waals surface area contributed by atoms with Gasteiger partial charge in [0.1, 0.15) is 12.1 Å². The van der Waals surface area contributed by atoms with Crippen LogP contribution in [0.2, 0.25) is 0 Å². The summed E-state index contributed by atoms with van der Waals surface area (Å²) in [5.74, 6) is -4.13. The summed E-state index contributed by atoms with van der Waals surface area (Å²) >= 11 is 0. The topological polar surface area (TPSA) is 187 Å². The van der Waals surface area contributed by atoms with E-state index in [-0.39, 0.29) is 25.2 Å². The number of H-pyrrole nitrogens is 1. The first kappa shape index (κ1) is 23.1. The number of carbonyl (C=O) groups is 4. The van der Waals surface area contributed by atoms with Crippen LogP contribution >= 0.6 is 0 Å². The Morgan fingerprint density at radius 2 is 1.89 bits per heavy atom. The highest BCUT2D eigenvalue weighted by molar-refractivity contribution is 5.92. The molecule has 0 bridgehead atoms. The van der Waals surface area contributed by atoms with Gasteiger partial charge in [-0.25, -0.2) is 9.78 Å². The number of imidazole rings is 1. The number of hydrogen-bond acceptors (Lipinski definition) is 6. The normalized spacial score (nSPS) is 15.1. The molecule has 2 amide bonds. The molecule has 0 radical (unpaired) electrons. The number of aliphatic carboxylic acids is 2. The van der Waals surface area contributed by atoms with Crippen LogP contribution in [0.4, 0.5) is 0 Å². The Kier molecular flexibility index (Phi) is 9.09. The van der Waals surface area contributed by atoms with Crippen molar-refractivity contribution in [2.75, 3.05) is 0 Å². The van der Waals surface area contributed by atoms with Gasteiger partial charge >= 0.3 is 11.9 Å². The standard InChI is InChI=1S/C17H27N5O6/c1-3-9(2)14(17(27)28)22-16(26)12(4-5-13(23)24)21-15(25)11(18)6-10-7-19-8-20-10/h7-9,11-12,14H,3-6,18H2,1-2H3,(H,19,20)(H,21,25)(H,22,26)(H,23,24)(H,27,28). The minimum absolute atomic E-state index is 0.143. The lowest BCUT2D eigenvalue weighted by Gasteiger charge is -2.25. The van der Waals surface area contributed by atoms with E-state index in [1.807, 2.05) is 0 Å². The quantitative estimate of drug-likeness (QED) is 0.265. The average molecular weight is 397 g/mol. The van der Waals surface area contributed by atoms with Gasteiger partial charge in [0.2, 0.25) is 11.8 Å². The smallest absolute Gasteiger partial charge is 0.326 e. The van der Waals surface area contributed by atoms with Crippen LogP contribution in [0, 0.1) is 5.92 Å². The Morgan fingerprint density at radius 1 is 1.21 bits per heavy atom. The van der Waals surface area contributed by atoms with Crippen LogP contribution in [-0.2, 0) is 25.6 Å².